The van der Waals surface area contributed by atoms with Crippen LogP contribution >= 0.6 is 0 Å². The molecule has 0 bridgehead atoms. The number of nitrogens with zero attached hydrogens (tertiary/aromatic N) is 1. The number of terminal acetylenes is 1. The molecular formula is C11H21N. The van der Waals surface area contributed by atoms with Gasteiger partial charge in [-0.25, -0.2) is 0 Å². The molecule has 0 amide bonds. The smallest absolute Gasteiger partial charge is 0.0599 e. The minimum Gasteiger partial charge on any atom is -0.292 e. The molecule has 0 radical (unpaired) electrons. The van der Waals surface area contributed by atoms with Crippen LogP contribution in [0.25, 0.3) is 0 Å². The molecule has 0 aliphatic carbocycles. The van der Waals surface area contributed by atoms with Crippen LogP contribution in [0.1, 0.15) is 27.7 Å². The van der Waals surface area contributed by atoms with Crippen LogP contribution < -0.4 is 0 Å². The SMILES string of the molecule is C#CCN(CC(C)C)CC(C)C. The fourth-order valence-electron chi connectivity index (χ4n) is 1.37. The van der Waals surface area contributed by atoms with Crippen LogP contribution in [0.3, 0.4) is 0 Å². The van der Waals surface area contributed by atoms with Crippen molar-refractivity contribution >= 4 is 0 Å². The quantitative estimate of drug-likeness (QED) is 0.568. The van der Waals surface area contributed by atoms with E-state index in [1.807, 2.05) is 0 Å². The lowest BCUT2D eigenvalue weighted by molar-refractivity contribution is 0.244. The monoisotopic (exact) mass is 167 g/mol. The van der Waals surface area contributed by atoms with Crippen molar-refractivity contribution in [3.63, 3.8) is 0 Å². The molecule has 70 valence electrons. The molecule has 0 aliphatic heterocycles. The van der Waals surface area contributed by atoms with E-state index in [9.17, 15) is 0 Å². The van der Waals surface area contributed by atoms with Gasteiger partial charge in [0.1, 0.15) is 0 Å². The molecule has 0 aromatic heterocycles. The van der Waals surface area contributed by atoms with Crippen molar-refractivity contribution in [2.75, 3.05) is 19.6 Å². The summed E-state index contributed by atoms with van der Waals surface area (Å²) >= 11 is 0. The van der Waals surface area contributed by atoms with Gasteiger partial charge in [0.15, 0.2) is 0 Å². The zero-order valence-corrected chi connectivity index (χ0v) is 8.80. The maximum Gasteiger partial charge on any atom is 0.0599 e. The van der Waals surface area contributed by atoms with E-state index in [1.54, 1.807) is 0 Å². The van der Waals surface area contributed by atoms with Crippen LogP contribution in [0.2, 0.25) is 0 Å². The largest absolute Gasteiger partial charge is 0.292 e. The van der Waals surface area contributed by atoms with Crippen molar-refractivity contribution in [3.8, 4) is 12.3 Å². The molecule has 0 heterocycles. The first-order valence-corrected chi connectivity index (χ1v) is 4.72. The molecule has 0 fully saturated rings. The highest BCUT2D eigenvalue weighted by molar-refractivity contribution is 4.88. The molecule has 0 atom stereocenters. The highest BCUT2D eigenvalue weighted by atomic mass is 15.1. The van der Waals surface area contributed by atoms with Crippen molar-refractivity contribution in [1.29, 1.82) is 0 Å². The molecule has 0 unspecified atom stereocenters. The second-order valence-corrected chi connectivity index (χ2v) is 4.19. The normalized spacial score (nSPS) is 11.2. The molecule has 0 aliphatic rings. The fourth-order valence-corrected chi connectivity index (χ4v) is 1.37. The van der Waals surface area contributed by atoms with E-state index in [0.29, 0.717) is 11.8 Å². The molecular weight excluding hydrogens is 146 g/mol. The van der Waals surface area contributed by atoms with E-state index in [4.69, 9.17) is 6.42 Å². The molecule has 0 spiro atoms. The Bertz CT molecular complexity index is 132. The lowest BCUT2D eigenvalue weighted by atomic mass is 10.1. The van der Waals surface area contributed by atoms with Gasteiger partial charge in [0, 0.05) is 13.1 Å². The van der Waals surface area contributed by atoms with Gasteiger partial charge >= 0.3 is 0 Å². The second kappa shape index (κ2) is 6.08. The van der Waals surface area contributed by atoms with Crippen molar-refractivity contribution in [3.05, 3.63) is 0 Å². The minimum atomic E-state index is 0.706. The Hall–Kier alpha value is -0.480. The first-order valence-electron chi connectivity index (χ1n) is 4.72. The number of rotatable bonds is 5. The summed E-state index contributed by atoms with van der Waals surface area (Å²) in [5.74, 6) is 4.12. The first-order chi connectivity index (χ1) is 5.56. The van der Waals surface area contributed by atoms with E-state index in [2.05, 4.69) is 38.5 Å². The Morgan fingerprint density at radius 3 is 1.75 bits per heavy atom. The predicted molar refractivity (Wildman–Crippen MR) is 54.9 cm³/mol. The van der Waals surface area contributed by atoms with Gasteiger partial charge < -0.3 is 0 Å². The molecule has 0 aromatic carbocycles. The third-order valence-electron chi connectivity index (χ3n) is 1.56. The van der Waals surface area contributed by atoms with Gasteiger partial charge in [0.2, 0.25) is 0 Å². The Balaban J connectivity index is 3.79. The van der Waals surface area contributed by atoms with E-state index < -0.39 is 0 Å². The van der Waals surface area contributed by atoms with Crippen molar-refractivity contribution < 1.29 is 0 Å². The zero-order valence-electron chi connectivity index (χ0n) is 8.80. The number of hydrogen-bond acceptors (Lipinski definition) is 1. The molecule has 1 nitrogen and oxygen atoms in total. The molecule has 0 rings (SSSR count). The Kier molecular flexibility index (Phi) is 5.84. The Morgan fingerprint density at radius 1 is 1.08 bits per heavy atom. The van der Waals surface area contributed by atoms with Crippen LogP contribution in [0.15, 0.2) is 0 Å². The molecule has 0 saturated carbocycles. The van der Waals surface area contributed by atoms with Crippen LogP contribution in [0.5, 0.6) is 0 Å². The minimum absolute atomic E-state index is 0.706. The lowest BCUT2D eigenvalue weighted by Gasteiger charge is -2.23. The highest BCUT2D eigenvalue weighted by Gasteiger charge is 2.07. The number of hydrogen-bond donors (Lipinski definition) is 0. The lowest BCUT2D eigenvalue weighted by Crippen LogP contribution is -2.31. The van der Waals surface area contributed by atoms with E-state index >= 15 is 0 Å². The molecule has 1 heteroatoms. The fraction of sp³-hybridized carbons (Fsp3) is 0.818. The Morgan fingerprint density at radius 2 is 1.50 bits per heavy atom. The van der Waals surface area contributed by atoms with Crippen LogP contribution in [0, 0.1) is 24.2 Å². The third-order valence-corrected chi connectivity index (χ3v) is 1.56. The zero-order chi connectivity index (χ0) is 9.56. The summed E-state index contributed by atoms with van der Waals surface area (Å²) in [5, 5.41) is 0. The topological polar surface area (TPSA) is 3.24 Å². The summed E-state index contributed by atoms with van der Waals surface area (Å²) in [7, 11) is 0. The maximum absolute atomic E-state index is 5.29. The summed E-state index contributed by atoms with van der Waals surface area (Å²) in [6.45, 7) is 11.9. The van der Waals surface area contributed by atoms with E-state index in [-0.39, 0.29) is 0 Å². The molecule has 0 aromatic rings. The highest BCUT2D eigenvalue weighted by Crippen LogP contribution is 2.02. The standard InChI is InChI=1S/C11H21N/c1-6-7-12(8-10(2)3)9-11(4)5/h1,10-11H,7-9H2,2-5H3. The van der Waals surface area contributed by atoms with Gasteiger partial charge in [-0.1, -0.05) is 33.6 Å². The average Bonchev–Trinajstić information content (AvgIpc) is 1.84. The van der Waals surface area contributed by atoms with Gasteiger partial charge in [-0.3, -0.25) is 4.90 Å². The van der Waals surface area contributed by atoms with E-state index in [1.165, 1.54) is 0 Å². The molecule has 0 saturated heterocycles. The van der Waals surface area contributed by atoms with E-state index in [0.717, 1.165) is 19.6 Å². The van der Waals surface area contributed by atoms with Crippen LogP contribution in [-0.2, 0) is 0 Å². The summed E-state index contributed by atoms with van der Waals surface area (Å²) in [6, 6.07) is 0. The molecule has 0 N–H and O–H groups in total. The summed E-state index contributed by atoms with van der Waals surface area (Å²) in [5.41, 5.74) is 0. The van der Waals surface area contributed by atoms with Crippen molar-refractivity contribution in [1.82, 2.24) is 4.90 Å². The van der Waals surface area contributed by atoms with Crippen molar-refractivity contribution in [2.45, 2.75) is 27.7 Å². The average molecular weight is 167 g/mol. The summed E-state index contributed by atoms with van der Waals surface area (Å²) < 4.78 is 0. The Labute approximate surface area is 77.1 Å². The first kappa shape index (κ1) is 11.5. The van der Waals surface area contributed by atoms with Gasteiger partial charge in [0.05, 0.1) is 6.54 Å². The summed E-state index contributed by atoms with van der Waals surface area (Å²) in [4.78, 5) is 2.34. The predicted octanol–water partition coefficient (Wildman–Crippen LogP) is 2.23. The van der Waals surface area contributed by atoms with Crippen LogP contribution in [-0.4, -0.2) is 24.5 Å². The maximum atomic E-state index is 5.29. The molecule has 12 heavy (non-hydrogen) atoms. The van der Waals surface area contributed by atoms with Crippen molar-refractivity contribution in [2.24, 2.45) is 11.8 Å². The summed E-state index contributed by atoms with van der Waals surface area (Å²) in [6.07, 6.45) is 5.29. The van der Waals surface area contributed by atoms with Gasteiger partial charge in [0.25, 0.3) is 0 Å². The van der Waals surface area contributed by atoms with Crippen LogP contribution in [0.4, 0.5) is 0 Å². The van der Waals surface area contributed by atoms with Gasteiger partial charge in [-0.05, 0) is 11.8 Å². The van der Waals surface area contributed by atoms with Gasteiger partial charge in [-0.2, -0.15) is 0 Å². The third kappa shape index (κ3) is 6.24. The van der Waals surface area contributed by atoms with Gasteiger partial charge in [-0.15, -0.1) is 6.42 Å². The second-order valence-electron chi connectivity index (χ2n) is 4.19.